The molecule has 0 aliphatic carbocycles. The summed E-state index contributed by atoms with van der Waals surface area (Å²) >= 11 is 0. The van der Waals surface area contributed by atoms with E-state index in [1.807, 2.05) is 0 Å². The molecule has 0 spiro atoms. The lowest BCUT2D eigenvalue weighted by molar-refractivity contribution is -0.122. The largest absolute Gasteiger partial charge is 0.497 e. The summed E-state index contributed by atoms with van der Waals surface area (Å²) in [5, 5.41) is 14.8. The predicted octanol–water partition coefficient (Wildman–Crippen LogP) is 2.38. The molecule has 0 aliphatic heterocycles. The van der Waals surface area contributed by atoms with E-state index in [1.165, 1.54) is 0 Å². The first-order valence-electron chi connectivity index (χ1n) is 8.29. The van der Waals surface area contributed by atoms with Gasteiger partial charge in [-0.2, -0.15) is 0 Å². The van der Waals surface area contributed by atoms with Crippen LogP contribution in [-0.4, -0.2) is 36.2 Å². The topological polar surface area (TPSA) is 87.7 Å². The summed E-state index contributed by atoms with van der Waals surface area (Å²) in [7, 11) is 1.55. The molecule has 2 aromatic rings. The standard InChI is InChI=1S/C20H24N2O4/c1-20(2,13-23)22-18(24)11-14-7-9-16(10-8-14)21-19(25)15-5-4-6-17(12-15)26-3/h4-10,12,23H,11,13H2,1-3H3,(H,21,25)(H,22,24). The SMILES string of the molecule is COc1cccc(C(=O)Nc2ccc(CC(=O)NC(C)(C)CO)cc2)c1. The average molecular weight is 356 g/mol. The number of ether oxygens (including phenoxy) is 1. The Morgan fingerprint density at radius 3 is 2.42 bits per heavy atom. The van der Waals surface area contributed by atoms with Gasteiger partial charge < -0.3 is 20.5 Å². The first-order chi connectivity index (χ1) is 12.3. The highest BCUT2D eigenvalue weighted by Gasteiger charge is 2.19. The molecule has 0 aliphatic rings. The maximum Gasteiger partial charge on any atom is 0.255 e. The van der Waals surface area contributed by atoms with Gasteiger partial charge in [-0.15, -0.1) is 0 Å². The fraction of sp³-hybridized carbons (Fsp3) is 0.300. The third-order valence-electron chi connectivity index (χ3n) is 3.78. The monoisotopic (exact) mass is 356 g/mol. The van der Waals surface area contributed by atoms with Gasteiger partial charge in [-0.1, -0.05) is 18.2 Å². The van der Waals surface area contributed by atoms with Gasteiger partial charge in [0.2, 0.25) is 5.91 Å². The summed E-state index contributed by atoms with van der Waals surface area (Å²) in [5.74, 6) is 0.209. The Morgan fingerprint density at radius 1 is 1.12 bits per heavy atom. The van der Waals surface area contributed by atoms with Crippen molar-refractivity contribution in [3.63, 3.8) is 0 Å². The summed E-state index contributed by atoms with van der Waals surface area (Å²) in [5.41, 5.74) is 1.30. The van der Waals surface area contributed by atoms with Crippen LogP contribution in [0, 0.1) is 0 Å². The molecule has 0 radical (unpaired) electrons. The van der Waals surface area contributed by atoms with Crippen molar-refractivity contribution in [3.8, 4) is 5.75 Å². The number of methoxy groups -OCH3 is 1. The highest BCUT2D eigenvalue weighted by molar-refractivity contribution is 6.04. The minimum Gasteiger partial charge on any atom is -0.497 e. The van der Waals surface area contributed by atoms with E-state index in [9.17, 15) is 14.7 Å². The molecule has 26 heavy (non-hydrogen) atoms. The van der Waals surface area contributed by atoms with Crippen LogP contribution in [0.5, 0.6) is 5.75 Å². The van der Waals surface area contributed by atoms with E-state index >= 15 is 0 Å². The zero-order valence-corrected chi connectivity index (χ0v) is 15.2. The van der Waals surface area contributed by atoms with Crippen LogP contribution in [-0.2, 0) is 11.2 Å². The molecule has 0 saturated carbocycles. The van der Waals surface area contributed by atoms with Gasteiger partial charge in [0.05, 0.1) is 25.7 Å². The highest BCUT2D eigenvalue weighted by Crippen LogP contribution is 2.16. The third-order valence-corrected chi connectivity index (χ3v) is 3.78. The molecule has 0 fully saturated rings. The lowest BCUT2D eigenvalue weighted by Gasteiger charge is -2.23. The molecule has 0 saturated heterocycles. The first-order valence-corrected chi connectivity index (χ1v) is 8.29. The molecule has 6 nitrogen and oxygen atoms in total. The van der Waals surface area contributed by atoms with E-state index in [1.54, 1.807) is 69.5 Å². The second-order valence-electron chi connectivity index (χ2n) is 6.65. The third kappa shape index (κ3) is 5.60. The first kappa shape index (κ1) is 19.5. The number of hydrogen-bond donors (Lipinski definition) is 3. The number of rotatable bonds is 7. The van der Waals surface area contributed by atoms with Crippen LogP contribution in [0.2, 0.25) is 0 Å². The van der Waals surface area contributed by atoms with Crippen molar-refractivity contribution in [1.29, 1.82) is 0 Å². The number of hydrogen-bond acceptors (Lipinski definition) is 4. The Bertz CT molecular complexity index is 770. The summed E-state index contributed by atoms with van der Waals surface area (Å²) in [6.45, 7) is 3.37. The molecule has 6 heteroatoms. The molecular weight excluding hydrogens is 332 g/mol. The Labute approximate surface area is 153 Å². The quantitative estimate of drug-likeness (QED) is 0.711. The van der Waals surface area contributed by atoms with E-state index in [2.05, 4.69) is 10.6 Å². The summed E-state index contributed by atoms with van der Waals surface area (Å²) in [6.07, 6.45) is 0.202. The zero-order chi connectivity index (χ0) is 19.2. The van der Waals surface area contributed by atoms with Gasteiger partial charge >= 0.3 is 0 Å². The predicted molar refractivity (Wildman–Crippen MR) is 100 cm³/mol. The Balaban J connectivity index is 1.96. The molecule has 0 heterocycles. The van der Waals surface area contributed by atoms with Crippen molar-refractivity contribution in [3.05, 3.63) is 59.7 Å². The van der Waals surface area contributed by atoms with Crippen molar-refractivity contribution in [2.45, 2.75) is 25.8 Å². The Morgan fingerprint density at radius 2 is 1.81 bits per heavy atom. The number of benzene rings is 2. The fourth-order valence-corrected chi connectivity index (χ4v) is 2.32. The normalized spacial score (nSPS) is 10.9. The summed E-state index contributed by atoms with van der Waals surface area (Å²) in [6, 6.07) is 14.0. The van der Waals surface area contributed by atoms with Crippen molar-refractivity contribution in [1.82, 2.24) is 5.32 Å². The van der Waals surface area contributed by atoms with Gasteiger partial charge in [-0.3, -0.25) is 9.59 Å². The molecule has 3 N–H and O–H groups in total. The molecule has 0 bridgehead atoms. The van der Waals surface area contributed by atoms with E-state index < -0.39 is 5.54 Å². The second kappa shape index (κ2) is 8.49. The number of carbonyl (C=O) groups excluding carboxylic acids is 2. The molecular formula is C20H24N2O4. The van der Waals surface area contributed by atoms with Gasteiger partial charge in [0.15, 0.2) is 0 Å². The van der Waals surface area contributed by atoms with Crippen LogP contribution >= 0.6 is 0 Å². The van der Waals surface area contributed by atoms with Crippen LogP contribution in [0.25, 0.3) is 0 Å². The van der Waals surface area contributed by atoms with Crippen LogP contribution in [0.15, 0.2) is 48.5 Å². The zero-order valence-electron chi connectivity index (χ0n) is 15.2. The molecule has 0 aromatic heterocycles. The number of amides is 2. The molecule has 2 rings (SSSR count). The van der Waals surface area contributed by atoms with Crippen LogP contribution in [0.4, 0.5) is 5.69 Å². The second-order valence-corrected chi connectivity index (χ2v) is 6.65. The van der Waals surface area contributed by atoms with Gasteiger partial charge in [0.25, 0.3) is 5.91 Å². The van der Waals surface area contributed by atoms with Crippen molar-refractivity contribution >= 4 is 17.5 Å². The van der Waals surface area contributed by atoms with Gasteiger partial charge in [-0.05, 0) is 49.7 Å². The minimum atomic E-state index is -0.651. The lowest BCUT2D eigenvalue weighted by Crippen LogP contribution is -2.46. The number of anilines is 1. The van der Waals surface area contributed by atoms with Crippen LogP contribution in [0.1, 0.15) is 29.8 Å². The molecule has 2 aromatic carbocycles. The van der Waals surface area contributed by atoms with Crippen molar-refractivity contribution in [2.24, 2.45) is 0 Å². The smallest absolute Gasteiger partial charge is 0.255 e. The Hall–Kier alpha value is -2.86. The minimum absolute atomic E-state index is 0.131. The van der Waals surface area contributed by atoms with Crippen LogP contribution < -0.4 is 15.4 Å². The van der Waals surface area contributed by atoms with Crippen LogP contribution in [0.3, 0.4) is 0 Å². The summed E-state index contributed by atoms with van der Waals surface area (Å²) in [4.78, 5) is 24.3. The van der Waals surface area contributed by atoms with Gasteiger partial charge in [-0.25, -0.2) is 0 Å². The lowest BCUT2D eigenvalue weighted by atomic mass is 10.1. The Kier molecular flexibility index (Phi) is 6.36. The number of nitrogens with one attached hydrogen (secondary N) is 2. The number of aliphatic hydroxyl groups is 1. The highest BCUT2D eigenvalue weighted by atomic mass is 16.5. The maximum absolute atomic E-state index is 12.3. The summed E-state index contributed by atoms with van der Waals surface area (Å²) < 4.78 is 5.12. The van der Waals surface area contributed by atoms with E-state index in [-0.39, 0.29) is 24.8 Å². The van der Waals surface area contributed by atoms with E-state index in [0.29, 0.717) is 17.0 Å². The molecule has 0 atom stereocenters. The maximum atomic E-state index is 12.3. The van der Waals surface area contributed by atoms with Gasteiger partial charge in [0.1, 0.15) is 5.75 Å². The van der Waals surface area contributed by atoms with Crippen molar-refractivity contribution in [2.75, 3.05) is 19.0 Å². The van der Waals surface area contributed by atoms with E-state index in [4.69, 9.17) is 4.74 Å². The number of carbonyl (C=O) groups is 2. The molecule has 2 amide bonds. The molecule has 138 valence electrons. The fourth-order valence-electron chi connectivity index (χ4n) is 2.32. The van der Waals surface area contributed by atoms with Crippen molar-refractivity contribution < 1.29 is 19.4 Å². The van der Waals surface area contributed by atoms with E-state index in [0.717, 1.165) is 5.56 Å². The molecule has 0 unspecified atom stereocenters. The average Bonchev–Trinajstić information content (AvgIpc) is 2.63. The number of aliphatic hydroxyl groups excluding tert-OH is 1. The van der Waals surface area contributed by atoms with Gasteiger partial charge in [0, 0.05) is 11.3 Å².